The average Bonchev–Trinajstić information content (AvgIpc) is 3.46. The number of halogens is 1. The molecule has 7 heteroatoms. The van der Waals surface area contributed by atoms with Gasteiger partial charge in [0.05, 0.1) is 5.58 Å². The summed E-state index contributed by atoms with van der Waals surface area (Å²) in [7, 11) is 0. The van der Waals surface area contributed by atoms with Crippen molar-refractivity contribution in [2.75, 3.05) is 0 Å². The monoisotopic (exact) mass is 877 g/mol. The van der Waals surface area contributed by atoms with E-state index in [9.17, 15) is 4.39 Å². The Morgan fingerprint density at radius 3 is 2.31 bits per heavy atom. The fourth-order valence-corrected chi connectivity index (χ4v) is 9.03. The van der Waals surface area contributed by atoms with Gasteiger partial charge in [0.15, 0.2) is 0 Å². The largest absolute Gasteiger partial charge is 0.486 e. The van der Waals surface area contributed by atoms with Gasteiger partial charge in [-0.15, -0.1) is 18.2 Å². The van der Waals surface area contributed by atoms with Crippen LogP contribution >= 0.6 is 0 Å². The summed E-state index contributed by atoms with van der Waals surface area (Å²) in [6, 6.07) is 33.9. The third-order valence-corrected chi connectivity index (χ3v) is 12.2. The first-order chi connectivity index (χ1) is 23.8. The summed E-state index contributed by atoms with van der Waals surface area (Å²) in [6.45, 7) is 2.24. The van der Waals surface area contributed by atoms with Crippen molar-refractivity contribution < 1.29 is 33.0 Å². The van der Waals surface area contributed by atoms with Gasteiger partial charge in [0.25, 0.3) is 0 Å². The molecule has 0 spiro atoms. The molecule has 245 valence electrons. The van der Waals surface area contributed by atoms with E-state index in [-0.39, 0.29) is 31.5 Å². The van der Waals surface area contributed by atoms with Gasteiger partial charge in [-0.2, -0.15) is 0 Å². The fourth-order valence-electron chi connectivity index (χ4n) is 5.69. The molecule has 48 heavy (non-hydrogen) atoms. The van der Waals surface area contributed by atoms with Crippen LogP contribution in [0.1, 0.15) is 29.2 Å². The van der Waals surface area contributed by atoms with Crippen LogP contribution in [0.3, 0.4) is 0 Å². The molecule has 0 aliphatic heterocycles. The first-order valence-corrected chi connectivity index (χ1v) is 23.1. The molecule has 0 saturated heterocycles. The van der Waals surface area contributed by atoms with E-state index in [1.807, 2.05) is 48.5 Å². The van der Waals surface area contributed by atoms with E-state index < -0.39 is 25.9 Å². The zero-order valence-corrected chi connectivity index (χ0v) is 32.1. The van der Waals surface area contributed by atoms with E-state index in [0.29, 0.717) is 33.7 Å². The summed E-state index contributed by atoms with van der Waals surface area (Å²) in [5, 5.41) is 1.41. The van der Waals surface area contributed by atoms with Crippen LogP contribution in [0.4, 0.5) is 4.39 Å². The molecule has 3 aromatic carbocycles. The van der Waals surface area contributed by atoms with Crippen molar-refractivity contribution in [2.45, 2.75) is 44.4 Å². The average molecular weight is 876 g/mol. The second-order valence-electron chi connectivity index (χ2n) is 13.0. The summed E-state index contributed by atoms with van der Waals surface area (Å²) < 4.78 is 44.9. The summed E-state index contributed by atoms with van der Waals surface area (Å²) in [6.07, 6.45) is 4.76. The summed E-state index contributed by atoms with van der Waals surface area (Å²) in [5.41, 5.74) is 6.23. The van der Waals surface area contributed by atoms with E-state index in [4.69, 9.17) is 13.5 Å². The second kappa shape index (κ2) is 15.1. The minimum atomic E-state index is -2.33. The van der Waals surface area contributed by atoms with Crippen LogP contribution in [-0.4, -0.2) is 28.2 Å². The minimum Gasteiger partial charge on any atom is -0.486 e. The maximum Gasteiger partial charge on any atom is 0.216 e. The van der Waals surface area contributed by atoms with Gasteiger partial charge in [-0.25, -0.2) is 9.37 Å². The molecule has 0 saturated carbocycles. The first-order valence-electron chi connectivity index (χ1n) is 17.2. The molecule has 0 aliphatic carbocycles. The molecular formula is C41H38FGeIrN3O-2. The molecule has 0 fully saturated rings. The number of hydrogen-bond donors (Lipinski definition) is 0. The molecule has 0 amide bonds. The Morgan fingerprint density at radius 2 is 1.62 bits per heavy atom. The SMILES string of the molecule is CC(C)Cc1cc(-c2[c-]cccc2)nc[c]1[Ge]([CH3])([CH3])[CH3].[2H]C([2H])([2H])c1ccc2c(n1)oc1c(-c3cc(F)c(-c4ccccc4)cn3)[c-]ccc12.[Ir]. The predicted molar refractivity (Wildman–Crippen MR) is 194 cm³/mol. The number of nitrogens with zero attached hydrogens (tertiary/aromatic N) is 3. The van der Waals surface area contributed by atoms with Crippen LogP contribution in [-0.2, 0) is 26.5 Å². The van der Waals surface area contributed by atoms with Crippen LogP contribution in [0.15, 0.2) is 108 Å². The molecule has 0 atom stereocenters. The van der Waals surface area contributed by atoms with Gasteiger partial charge in [0.1, 0.15) is 5.82 Å². The molecule has 4 nitrogen and oxygen atoms in total. The van der Waals surface area contributed by atoms with Gasteiger partial charge in [-0.3, -0.25) is 0 Å². The quantitative estimate of drug-likeness (QED) is 0.123. The zero-order valence-electron chi connectivity index (χ0n) is 30.6. The van der Waals surface area contributed by atoms with Crippen LogP contribution in [0.2, 0.25) is 17.3 Å². The molecular weight excluding hydrogens is 834 g/mol. The van der Waals surface area contributed by atoms with Crippen molar-refractivity contribution >= 4 is 39.7 Å². The van der Waals surface area contributed by atoms with Gasteiger partial charge in [0.2, 0.25) is 5.71 Å². The molecule has 7 aromatic rings. The normalized spacial score (nSPS) is 12.5. The van der Waals surface area contributed by atoms with Crippen molar-refractivity contribution in [1.82, 2.24) is 15.0 Å². The first kappa shape index (κ1) is 31.3. The van der Waals surface area contributed by atoms with Gasteiger partial charge >= 0.3 is 126 Å². The number of aromatic nitrogens is 3. The van der Waals surface area contributed by atoms with E-state index in [0.717, 1.165) is 28.6 Å². The number of pyridine rings is 3. The summed E-state index contributed by atoms with van der Waals surface area (Å²) in [4.78, 5) is 13.3. The Kier molecular flexibility index (Phi) is 9.83. The molecule has 0 N–H and O–H groups in total. The Morgan fingerprint density at radius 1 is 0.854 bits per heavy atom. The van der Waals surface area contributed by atoms with Crippen molar-refractivity contribution in [3.05, 3.63) is 133 Å². The minimum absolute atomic E-state index is 0. The fraction of sp³-hybridized carbons (Fsp3) is 0.195. The summed E-state index contributed by atoms with van der Waals surface area (Å²) in [5.74, 6) is 7.59. The van der Waals surface area contributed by atoms with Crippen LogP contribution in [0, 0.1) is 30.7 Å². The van der Waals surface area contributed by atoms with E-state index in [1.165, 1.54) is 23.9 Å². The van der Waals surface area contributed by atoms with Crippen molar-refractivity contribution in [3.8, 4) is 33.6 Å². The number of rotatable bonds is 6. The smallest absolute Gasteiger partial charge is 0.216 e. The maximum absolute atomic E-state index is 14.9. The molecule has 4 heterocycles. The van der Waals surface area contributed by atoms with Crippen LogP contribution in [0.5, 0.6) is 0 Å². The molecule has 1 radical (unpaired) electrons. The Labute approximate surface area is 302 Å². The number of hydrogen-bond acceptors (Lipinski definition) is 4. The van der Waals surface area contributed by atoms with Gasteiger partial charge in [0, 0.05) is 47.1 Å². The number of aryl methyl sites for hydroxylation is 1. The van der Waals surface area contributed by atoms with E-state index in [1.54, 1.807) is 22.6 Å². The molecule has 4 aromatic heterocycles. The topological polar surface area (TPSA) is 51.8 Å². The summed E-state index contributed by atoms with van der Waals surface area (Å²) >= 11 is -1.86. The Hall–Kier alpha value is -3.97. The maximum atomic E-state index is 14.9. The van der Waals surface area contributed by atoms with Crippen molar-refractivity contribution in [3.63, 3.8) is 0 Å². The van der Waals surface area contributed by atoms with Gasteiger partial charge in [-0.1, -0.05) is 41.3 Å². The third-order valence-electron chi connectivity index (χ3n) is 7.90. The standard InChI is InChI=1S/C23H14FN2O.C18H24GeN.Ir/c1-14-10-11-17-16-8-5-9-18(22(16)27-23(17)26-14)21-12-20(24)19(13-25-21)15-6-3-2-4-7-15;1-14(2)11-16-12-18(15-9-7-6-8-10-15)20-13-17(16)19(3,4)5;/h2-8,10-13H,1H3;6-9,12-14H,11H2,1-5H3;/q2*-1;/i1D3;;. The third kappa shape index (κ3) is 7.84. The zero-order chi connectivity index (χ0) is 35.6. The van der Waals surface area contributed by atoms with Gasteiger partial charge < -0.3 is 9.40 Å². The molecule has 0 unspecified atom stereocenters. The second-order valence-corrected chi connectivity index (χ2v) is 23.6. The van der Waals surface area contributed by atoms with E-state index in [2.05, 4.69) is 71.5 Å². The number of furan rings is 1. The number of fused-ring (bicyclic) bond motifs is 3. The van der Waals surface area contributed by atoms with Crippen LogP contribution < -0.4 is 4.40 Å². The Bertz CT molecular complexity index is 2270. The van der Waals surface area contributed by atoms with E-state index >= 15 is 0 Å². The molecule has 7 rings (SSSR count). The van der Waals surface area contributed by atoms with Gasteiger partial charge in [-0.05, 0) is 36.3 Å². The predicted octanol–water partition coefficient (Wildman–Crippen LogP) is 10.2. The molecule has 0 aliphatic rings. The molecule has 0 bridgehead atoms. The van der Waals surface area contributed by atoms with Crippen molar-refractivity contribution in [1.29, 1.82) is 0 Å². The van der Waals surface area contributed by atoms with Crippen LogP contribution in [0.25, 0.3) is 55.7 Å². The van der Waals surface area contributed by atoms with Crippen molar-refractivity contribution in [2.24, 2.45) is 5.92 Å². The number of benzene rings is 3. The Balaban J connectivity index is 0.000000211.